The van der Waals surface area contributed by atoms with Gasteiger partial charge in [-0.1, -0.05) is 23.9 Å². The van der Waals surface area contributed by atoms with Gasteiger partial charge in [0.15, 0.2) is 5.82 Å². The Morgan fingerprint density at radius 2 is 2.00 bits per heavy atom. The van der Waals surface area contributed by atoms with Gasteiger partial charge in [-0.15, -0.1) is 5.10 Å². The zero-order chi connectivity index (χ0) is 16.2. The molecule has 0 spiro atoms. The van der Waals surface area contributed by atoms with Crippen molar-refractivity contribution in [1.29, 1.82) is 0 Å². The maximum absolute atomic E-state index is 13.7. The minimum Gasteiger partial charge on any atom is -0.496 e. The first-order valence-electron chi connectivity index (χ1n) is 6.80. The highest BCUT2D eigenvalue weighted by Crippen LogP contribution is 2.28. The lowest BCUT2D eigenvalue weighted by molar-refractivity contribution is 0.410. The molecule has 118 valence electrons. The molecular formula is C16H13F2N3OS. The summed E-state index contributed by atoms with van der Waals surface area (Å²) in [6.07, 6.45) is 0. The van der Waals surface area contributed by atoms with Gasteiger partial charge in [-0.3, -0.25) is 5.10 Å². The van der Waals surface area contributed by atoms with Crippen LogP contribution in [0.25, 0.3) is 11.4 Å². The van der Waals surface area contributed by atoms with Crippen LogP contribution in [0.4, 0.5) is 8.78 Å². The first-order chi connectivity index (χ1) is 11.2. The van der Waals surface area contributed by atoms with E-state index >= 15 is 0 Å². The minimum absolute atomic E-state index is 0.330. The molecule has 4 nitrogen and oxygen atoms in total. The number of ether oxygens (including phenoxy) is 1. The van der Waals surface area contributed by atoms with Crippen LogP contribution in [0.2, 0.25) is 0 Å². The lowest BCUT2D eigenvalue weighted by Crippen LogP contribution is -1.92. The summed E-state index contributed by atoms with van der Waals surface area (Å²) in [7, 11) is 1.53. The molecule has 0 unspecified atom stereocenters. The Labute approximate surface area is 135 Å². The van der Waals surface area contributed by atoms with E-state index in [1.54, 1.807) is 24.3 Å². The second kappa shape index (κ2) is 6.78. The molecule has 23 heavy (non-hydrogen) atoms. The molecule has 2 aromatic carbocycles. The number of halogens is 2. The molecule has 0 aliphatic rings. The Balaban J connectivity index is 1.76. The van der Waals surface area contributed by atoms with Gasteiger partial charge in [0, 0.05) is 11.3 Å². The SMILES string of the molecule is COc1ccc(F)cc1CSc1n[nH]c(-c2ccccc2F)n1. The van der Waals surface area contributed by atoms with E-state index in [9.17, 15) is 8.78 Å². The number of rotatable bonds is 5. The fourth-order valence-electron chi connectivity index (χ4n) is 2.09. The van der Waals surface area contributed by atoms with E-state index in [-0.39, 0.29) is 11.6 Å². The smallest absolute Gasteiger partial charge is 0.209 e. The molecule has 0 saturated heterocycles. The fourth-order valence-corrected chi connectivity index (χ4v) is 2.86. The van der Waals surface area contributed by atoms with Crippen LogP contribution in [0.3, 0.4) is 0 Å². The number of hydrogen-bond acceptors (Lipinski definition) is 4. The molecule has 3 aromatic rings. The lowest BCUT2D eigenvalue weighted by Gasteiger charge is -2.06. The van der Waals surface area contributed by atoms with Crippen molar-refractivity contribution >= 4 is 11.8 Å². The summed E-state index contributed by atoms with van der Waals surface area (Å²) < 4.78 is 32.3. The van der Waals surface area contributed by atoms with E-state index in [0.717, 1.165) is 0 Å². The molecule has 1 N–H and O–H groups in total. The summed E-state index contributed by atoms with van der Waals surface area (Å²) >= 11 is 1.31. The third-order valence-corrected chi connectivity index (χ3v) is 4.09. The van der Waals surface area contributed by atoms with Crippen LogP contribution in [-0.2, 0) is 5.75 Å². The van der Waals surface area contributed by atoms with Gasteiger partial charge in [0.2, 0.25) is 5.16 Å². The Hall–Kier alpha value is -2.41. The summed E-state index contributed by atoms with van der Waals surface area (Å²) in [6, 6.07) is 10.7. The molecule has 0 aliphatic heterocycles. The number of methoxy groups -OCH3 is 1. The zero-order valence-corrected chi connectivity index (χ0v) is 13.0. The first-order valence-corrected chi connectivity index (χ1v) is 7.78. The minimum atomic E-state index is -0.369. The summed E-state index contributed by atoms with van der Waals surface area (Å²) in [5.74, 6) is 0.700. The number of aromatic nitrogens is 3. The molecule has 0 radical (unpaired) electrons. The maximum atomic E-state index is 13.7. The van der Waals surface area contributed by atoms with E-state index in [1.165, 1.54) is 37.1 Å². The molecule has 1 aromatic heterocycles. The highest BCUT2D eigenvalue weighted by atomic mass is 32.2. The fraction of sp³-hybridized carbons (Fsp3) is 0.125. The standard InChI is InChI=1S/C16H13F2N3OS/c1-22-14-7-6-11(17)8-10(14)9-23-16-19-15(20-21-16)12-4-2-3-5-13(12)18/h2-8H,9H2,1H3,(H,19,20,21). The largest absolute Gasteiger partial charge is 0.496 e. The van der Waals surface area contributed by atoms with Gasteiger partial charge in [-0.05, 0) is 30.3 Å². The van der Waals surface area contributed by atoms with Crippen LogP contribution >= 0.6 is 11.8 Å². The van der Waals surface area contributed by atoms with Crippen LogP contribution in [0.1, 0.15) is 5.56 Å². The number of H-pyrrole nitrogens is 1. The summed E-state index contributed by atoms with van der Waals surface area (Å²) in [5.41, 5.74) is 1.06. The van der Waals surface area contributed by atoms with Crippen molar-refractivity contribution in [2.75, 3.05) is 7.11 Å². The molecule has 0 atom stereocenters. The Bertz CT molecular complexity index is 823. The highest BCUT2D eigenvalue weighted by molar-refractivity contribution is 7.98. The zero-order valence-electron chi connectivity index (χ0n) is 12.2. The molecular weight excluding hydrogens is 320 g/mol. The quantitative estimate of drug-likeness (QED) is 0.716. The second-order valence-electron chi connectivity index (χ2n) is 4.69. The number of benzene rings is 2. The maximum Gasteiger partial charge on any atom is 0.209 e. The van der Waals surface area contributed by atoms with Crippen LogP contribution in [0, 0.1) is 11.6 Å². The lowest BCUT2D eigenvalue weighted by atomic mass is 10.2. The average Bonchev–Trinajstić information content (AvgIpc) is 3.02. The molecule has 7 heteroatoms. The third kappa shape index (κ3) is 3.50. The number of nitrogens with one attached hydrogen (secondary N) is 1. The van der Waals surface area contributed by atoms with Gasteiger partial charge >= 0.3 is 0 Å². The molecule has 0 saturated carbocycles. The van der Waals surface area contributed by atoms with E-state index in [1.807, 2.05) is 0 Å². The van der Waals surface area contributed by atoms with E-state index in [0.29, 0.717) is 33.6 Å². The predicted octanol–water partition coefficient (Wildman–Crippen LogP) is 4.05. The van der Waals surface area contributed by atoms with Crippen molar-refractivity contribution in [2.24, 2.45) is 0 Å². The Morgan fingerprint density at radius 1 is 1.17 bits per heavy atom. The van der Waals surface area contributed by atoms with Crippen molar-refractivity contribution < 1.29 is 13.5 Å². The second-order valence-corrected chi connectivity index (χ2v) is 5.63. The number of nitrogens with zero attached hydrogens (tertiary/aromatic N) is 2. The summed E-state index contributed by atoms with van der Waals surface area (Å²) in [5, 5.41) is 7.22. The van der Waals surface area contributed by atoms with Gasteiger partial charge in [0.25, 0.3) is 0 Å². The van der Waals surface area contributed by atoms with Gasteiger partial charge in [-0.2, -0.15) is 0 Å². The van der Waals surface area contributed by atoms with Crippen LogP contribution in [0.15, 0.2) is 47.6 Å². The normalized spacial score (nSPS) is 10.7. The third-order valence-electron chi connectivity index (χ3n) is 3.19. The first kappa shape index (κ1) is 15.5. The molecule has 0 bridgehead atoms. The predicted molar refractivity (Wildman–Crippen MR) is 84.3 cm³/mol. The van der Waals surface area contributed by atoms with Crippen LogP contribution < -0.4 is 4.74 Å². The topological polar surface area (TPSA) is 50.8 Å². The molecule has 0 amide bonds. The van der Waals surface area contributed by atoms with Crippen molar-refractivity contribution in [2.45, 2.75) is 10.9 Å². The van der Waals surface area contributed by atoms with Crippen LogP contribution in [0.5, 0.6) is 5.75 Å². The van der Waals surface area contributed by atoms with Gasteiger partial charge < -0.3 is 4.74 Å². The van der Waals surface area contributed by atoms with Crippen molar-refractivity contribution in [3.05, 3.63) is 59.7 Å². The summed E-state index contributed by atoms with van der Waals surface area (Å²) in [6.45, 7) is 0. The highest BCUT2D eigenvalue weighted by Gasteiger charge is 2.11. The Morgan fingerprint density at radius 3 is 2.78 bits per heavy atom. The van der Waals surface area contributed by atoms with E-state index in [4.69, 9.17) is 4.74 Å². The molecule has 1 heterocycles. The molecule has 0 fully saturated rings. The van der Waals surface area contributed by atoms with Crippen LogP contribution in [-0.4, -0.2) is 22.3 Å². The van der Waals surface area contributed by atoms with Crippen molar-refractivity contribution in [3.63, 3.8) is 0 Å². The molecule has 3 rings (SSSR count). The van der Waals surface area contributed by atoms with E-state index < -0.39 is 0 Å². The number of hydrogen-bond donors (Lipinski definition) is 1. The van der Waals surface area contributed by atoms with Gasteiger partial charge in [0.05, 0.1) is 12.7 Å². The van der Waals surface area contributed by atoms with Gasteiger partial charge in [-0.25, -0.2) is 13.8 Å². The monoisotopic (exact) mass is 333 g/mol. The number of aromatic amines is 1. The summed E-state index contributed by atoms with van der Waals surface area (Å²) in [4.78, 5) is 4.26. The van der Waals surface area contributed by atoms with E-state index in [2.05, 4.69) is 15.2 Å². The van der Waals surface area contributed by atoms with Crippen molar-refractivity contribution in [1.82, 2.24) is 15.2 Å². The van der Waals surface area contributed by atoms with Gasteiger partial charge in [0.1, 0.15) is 17.4 Å². The average molecular weight is 333 g/mol. The Kier molecular flexibility index (Phi) is 4.57. The number of thioether (sulfide) groups is 1. The van der Waals surface area contributed by atoms with Crippen molar-refractivity contribution in [3.8, 4) is 17.1 Å². The molecule has 0 aliphatic carbocycles.